The number of hydrogen-bond acceptors (Lipinski definition) is 4. The van der Waals surface area contributed by atoms with Gasteiger partial charge in [-0.15, -0.1) is 0 Å². The fourth-order valence-corrected chi connectivity index (χ4v) is 2.06. The molecule has 2 aromatic rings. The van der Waals surface area contributed by atoms with Crippen LogP contribution in [0.25, 0.3) is 0 Å². The van der Waals surface area contributed by atoms with Crippen LogP contribution in [-0.2, 0) is 6.54 Å². The van der Waals surface area contributed by atoms with Gasteiger partial charge in [-0.05, 0) is 30.4 Å². The third-order valence-corrected chi connectivity index (χ3v) is 3.21. The van der Waals surface area contributed by atoms with E-state index in [2.05, 4.69) is 10.6 Å². The third-order valence-electron chi connectivity index (χ3n) is 2.97. The zero-order valence-electron chi connectivity index (χ0n) is 11.9. The zero-order valence-corrected chi connectivity index (χ0v) is 12.7. The summed E-state index contributed by atoms with van der Waals surface area (Å²) < 4.78 is 5.26. The highest BCUT2D eigenvalue weighted by atomic mass is 32.1. The summed E-state index contributed by atoms with van der Waals surface area (Å²) in [6.45, 7) is 0.517. The van der Waals surface area contributed by atoms with Crippen LogP contribution in [0.2, 0.25) is 0 Å². The van der Waals surface area contributed by atoms with Crippen molar-refractivity contribution in [1.82, 2.24) is 5.32 Å². The van der Waals surface area contributed by atoms with Crippen molar-refractivity contribution in [3.63, 3.8) is 0 Å². The fourth-order valence-electron chi connectivity index (χ4n) is 1.87. The number of benzene rings is 2. The van der Waals surface area contributed by atoms with Crippen molar-refractivity contribution in [2.75, 3.05) is 12.4 Å². The van der Waals surface area contributed by atoms with Gasteiger partial charge in [-0.1, -0.05) is 18.2 Å². The highest BCUT2D eigenvalue weighted by molar-refractivity contribution is 7.80. The first-order chi connectivity index (χ1) is 10.6. The molecule has 0 radical (unpaired) electrons. The highest BCUT2D eigenvalue weighted by Crippen LogP contribution is 2.17. The van der Waals surface area contributed by atoms with Crippen LogP contribution < -0.4 is 15.4 Å². The number of thiocarbonyl (C=S) groups is 1. The lowest BCUT2D eigenvalue weighted by Gasteiger charge is -2.12. The smallest absolute Gasteiger partial charge is 0.269 e. The summed E-state index contributed by atoms with van der Waals surface area (Å²) in [4.78, 5) is 10.1. The third kappa shape index (κ3) is 4.16. The van der Waals surface area contributed by atoms with E-state index < -0.39 is 4.92 Å². The molecule has 0 heterocycles. The Balaban J connectivity index is 1.91. The van der Waals surface area contributed by atoms with Crippen LogP contribution >= 0.6 is 12.2 Å². The lowest BCUT2D eigenvalue weighted by Crippen LogP contribution is -2.28. The number of non-ortho nitro benzene ring substituents is 1. The molecule has 7 heteroatoms. The van der Waals surface area contributed by atoms with Gasteiger partial charge >= 0.3 is 0 Å². The molecule has 6 nitrogen and oxygen atoms in total. The SMILES string of the molecule is COc1ccccc1CNC(=S)Nc1ccc([N+](=O)[O-])cc1. The van der Waals surface area contributed by atoms with Crippen LogP contribution in [0.3, 0.4) is 0 Å². The molecule has 0 atom stereocenters. The monoisotopic (exact) mass is 317 g/mol. The minimum absolute atomic E-state index is 0.0402. The molecular formula is C15H15N3O3S. The normalized spacial score (nSPS) is 9.86. The van der Waals surface area contributed by atoms with E-state index in [4.69, 9.17) is 17.0 Å². The van der Waals surface area contributed by atoms with Crippen molar-refractivity contribution in [3.8, 4) is 5.75 Å². The van der Waals surface area contributed by atoms with Crippen molar-refractivity contribution in [3.05, 3.63) is 64.2 Å². The number of nitro groups is 1. The predicted molar refractivity (Wildman–Crippen MR) is 89.2 cm³/mol. The Morgan fingerprint density at radius 2 is 1.91 bits per heavy atom. The van der Waals surface area contributed by atoms with E-state index in [0.29, 0.717) is 17.3 Å². The van der Waals surface area contributed by atoms with Crippen LogP contribution in [0.15, 0.2) is 48.5 Å². The molecule has 0 fully saturated rings. The Labute approximate surface area is 133 Å². The summed E-state index contributed by atoms with van der Waals surface area (Å²) in [6.07, 6.45) is 0. The summed E-state index contributed by atoms with van der Waals surface area (Å²) >= 11 is 5.20. The first kappa shape index (κ1) is 15.7. The van der Waals surface area contributed by atoms with Crippen LogP contribution in [0.4, 0.5) is 11.4 Å². The second kappa shape index (κ2) is 7.37. The van der Waals surface area contributed by atoms with Gasteiger partial charge in [0.05, 0.1) is 12.0 Å². The number of nitrogens with zero attached hydrogens (tertiary/aromatic N) is 1. The van der Waals surface area contributed by atoms with E-state index in [1.165, 1.54) is 12.1 Å². The van der Waals surface area contributed by atoms with Crippen molar-refractivity contribution in [2.45, 2.75) is 6.54 Å². The Bertz CT molecular complexity index is 674. The van der Waals surface area contributed by atoms with Crippen molar-refractivity contribution in [2.24, 2.45) is 0 Å². The number of methoxy groups -OCH3 is 1. The van der Waals surface area contributed by atoms with E-state index >= 15 is 0 Å². The average molecular weight is 317 g/mol. The van der Waals surface area contributed by atoms with Gasteiger partial charge in [0, 0.05) is 29.9 Å². The Hall–Kier alpha value is -2.67. The molecule has 2 N–H and O–H groups in total. The van der Waals surface area contributed by atoms with Gasteiger partial charge < -0.3 is 15.4 Å². The highest BCUT2D eigenvalue weighted by Gasteiger charge is 2.05. The van der Waals surface area contributed by atoms with Gasteiger partial charge in [0.25, 0.3) is 5.69 Å². The molecule has 114 valence electrons. The minimum Gasteiger partial charge on any atom is -0.496 e. The Morgan fingerprint density at radius 3 is 2.55 bits per heavy atom. The number of nitro benzene ring substituents is 1. The van der Waals surface area contributed by atoms with Crippen molar-refractivity contribution in [1.29, 1.82) is 0 Å². The van der Waals surface area contributed by atoms with Gasteiger partial charge in [0.1, 0.15) is 5.75 Å². The maximum absolute atomic E-state index is 10.6. The molecule has 0 aliphatic rings. The summed E-state index contributed by atoms with van der Waals surface area (Å²) in [5, 5.41) is 17.1. The van der Waals surface area contributed by atoms with Crippen molar-refractivity contribution < 1.29 is 9.66 Å². The molecule has 0 amide bonds. The minimum atomic E-state index is -0.442. The topological polar surface area (TPSA) is 76.4 Å². The van der Waals surface area contributed by atoms with Gasteiger partial charge in [-0.25, -0.2) is 0 Å². The number of anilines is 1. The maximum Gasteiger partial charge on any atom is 0.269 e. The van der Waals surface area contributed by atoms with Crippen LogP contribution in [-0.4, -0.2) is 17.1 Å². The van der Waals surface area contributed by atoms with E-state index in [1.807, 2.05) is 24.3 Å². The van der Waals surface area contributed by atoms with Gasteiger partial charge in [0.15, 0.2) is 5.11 Å². The van der Waals surface area contributed by atoms with Crippen LogP contribution in [0, 0.1) is 10.1 Å². The molecule has 0 aromatic heterocycles. The molecule has 0 bridgehead atoms. The molecular weight excluding hydrogens is 302 g/mol. The molecule has 2 aromatic carbocycles. The number of rotatable bonds is 5. The average Bonchev–Trinajstić information content (AvgIpc) is 2.53. The van der Waals surface area contributed by atoms with Crippen molar-refractivity contribution >= 4 is 28.7 Å². The summed E-state index contributed by atoms with van der Waals surface area (Å²) in [6, 6.07) is 13.7. The number of ether oxygens (including phenoxy) is 1. The molecule has 0 aliphatic carbocycles. The number of para-hydroxylation sites is 1. The van der Waals surface area contributed by atoms with Gasteiger partial charge in [0.2, 0.25) is 0 Å². The maximum atomic E-state index is 10.6. The first-order valence-corrected chi connectivity index (χ1v) is 6.92. The van der Waals surface area contributed by atoms with E-state index in [0.717, 1.165) is 11.3 Å². The summed E-state index contributed by atoms with van der Waals surface area (Å²) in [5.41, 5.74) is 1.71. The lowest BCUT2D eigenvalue weighted by atomic mass is 10.2. The van der Waals surface area contributed by atoms with Gasteiger partial charge in [-0.2, -0.15) is 0 Å². The summed E-state index contributed by atoms with van der Waals surface area (Å²) in [5.74, 6) is 0.785. The zero-order chi connectivity index (χ0) is 15.9. The fraction of sp³-hybridized carbons (Fsp3) is 0.133. The number of nitrogens with one attached hydrogen (secondary N) is 2. The largest absolute Gasteiger partial charge is 0.496 e. The standard InChI is InChI=1S/C15H15N3O3S/c1-21-14-5-3-2-4-11(14)10-16-15(22)17-12-6-8-13(9-7-12)18(19)20/h2-9H,10H2,1H3,(H2,16,17,22). The van der Waals surface area contributed by atoms with Crippen LogP contribution in [0.5, 0.6) is 5.75 Å². The molecule has 2 rings (SSSR count). The van der Waals surface area contributed by atoms with Crippen LogP contribution in [0.1, 0.15) is 5.56 Å². The molecule has 0 spiro atoms. The summed E-state index contributed by atoms with van der Waals surface area (Å²) in [7, 11) is 1.62. The molecule has 0 unspecified atom stereocenters. The van der Waals surface area contributed by atoms with Gasteiger partial charge in [-0.3, -0.25) is 10.1 Å². The van der Waals surface area contributed by atoms with E-state index in [9.17, 15) is 10.1 Å². The Kier molecular flexibility index (Phi) is 5.26. The first-order valence-electron chi connectivity index (χ1n) is 6.51. The quantitative estimate of drug-likeness (QED) is 0.501. The van der Waals surface area contributed by atoms with E-state index in [1.54, 1.807) is 19.2 Å². The lowest BCUT2D eigenvalue weighted by molar-refractivity contribution is -0.384. The van der Waals surface area contributed by atoms with E-state index in [-0.39, 0.29) is 5.69 Å². The molecule has 0 aliphatic heterocycles. The second-order valence-electron chi connectivity index (χ2n) is 4.42. The Morgan fingerprint density at radius 1 is 1.23 bits per heavy atom. The molecule has 0 saturated carbocycles. The predicted octanol–water partition coefficient (Wildman–Crippen LogP) is 3.09. The second-order valence-corrected chi connectivity index (χ2v) is 4.83. The number of hydrogen-bond donors (Lipinski definition) is 2. The molecule has 0 saturated heterocycles. The molecule has 22 heavy (non-hydrogen) atoms.